The molecule has 2 fully saturated rings. The molecule has 11 nitrogen and oxygen atoms in total. The molecule has 3 aliphatic heterocycles. The van der Waals surface area contributed by atoms with Gasteiger partial charge < -0.3 is 9.64 Å². The van der Waals surface area contributed by atoms with Gasteiger partial charge in [-0.15, -0.1) is 10.2 Å². The van der Waals surface area contributed by atoms with Crippen molar-refractivity contribution in [2.24, 2.45) is 5.10 Å². The minimum Gasteiger partial charge on any atom is -0.346 e. The molecule has 2 amide bonds. The van der Waals surface area contributed by atoms with Gasteiger partial charge in [-0.3, -0.25) is 9.59 Å². The van der Waals surface area contributed by atoms with E-state index in [-0.39, 0.29) is 24.1 Å². The van der Waals surface area contributed by atoms with Crippen LogP contribution in [0.25, 0.3) is 0 Å². The quantitative estimate of drug-likeness (QED) is 0.723. The van der Waals surface area contributed by atoms with Crippen molar-refractivity contribution in [3.05, 3.63) is 29.6 Å². The summed E-state index contributed by atoms with van der Waals surface area (Å²) in [4.78, 5) is 28.8. The van der Waals surface area contributed by atoms with Gasteiger partial charge >= 0.3 is 0 Å². The van der Waals surface area contributed by atoms with Crippen molar-refractivity contribution >= 4 is 17.5 Å². The summed E-state index contributed by atoms with van der Waals surface area (Å²) in [6, 6.07) is -0.262. The molecular formula is C16H18N8O3. The lowest BCUT2D eigenvalue weighted by atomic mass is 9.92. The number of rotatable bonds is 3. The number of fused-ring (bicyclic) bond motifs is 3. The number of ether oxygens (including phenoxy) is 1. The van der Waals surface area contributed by atoms with Gasteiger partial charge in [0.25, 0.3) is 11.8 Å². The number of tetrazole rings is 1. The maximum atomic E-state index is 13.0. The molecule has 1 aromatic rings. The van der Waals surface area contributed by atoms with Gasteiger partial charge in [-0.25, -0.2) is 10.5 Å². The van der Waals surface area contributed by atoms with E-state index in [0.717, 1.165) is 12.8 Å². The van der Waals surface area contributed by atoms with Gasteiger partial charge in [-0.2, -0.15) is 9.90 Å². The summed E-state index contributed by atoms with van der Waals surface area (Å²) in [7, 11) is 0. The summed E-state index contributed by atoms with van der Waals surface area (Å²) in [5, 5.41) is 17.1. The fourth-order valence-corrected chi connectivity index (χ4v) is 3.82. The van der Waals surface area contributed by atoms with Crippen molar-refractivity contribution in [2.75, 3.05) is 6.54 Å². The molecule has 1 N–H and O–H groups in total. The second-order valence-electron chi connectivity index (χ2n) is 6.94. The maximum Gasteiger partial charge on any atom is 0.275 e. The second kappa shape index (κ2) is 5.98. The summed E-state index contributed by atoms with van der Waals surface area (Å²) >= 11 is 0. The van der Waals surface area contributed by atoms with Crippen molar-refractivity contribution in [3.63, 3.8) is 0 Å². The Morgan fingerprint density at radius 3 is 3.07 bits per heavy atom. The molecule has 140 valence electrons. The smallest absolute Gasteiger partial charge is 0.275 e. The summed E-state index contributed by atoms with van der Waals surface area (Å²) in [5.74, 6) is -0.264. The van der Waals surface area contributed by atoms with E-state index in [1.807, 2.05) is 6.92 Å². The minimum atomic E-state index is -0.512. The lowest BCUT2D eigenvalue weighted by molar-refractivity contribution is -0.150. The molecule has 11 heteroatoms. The molecule has 2 saturated heterocycles. The fourth-order valence-electron chi connectivity index (χ4n) is 3.82. The number of nitrogens with zero attached hydrogens (tertiary/aromatic N) is 7. The third-order valence-corrected chi connectivity index (χ3v) is 5.19. The summed E-state index contributed by atoms with van der Waals surface area (Å²) < 4.78 is 6.04. The number of carbonyl (C=O) groups is 2. The van der Waals surface area contributed by atoms with Crippen LogP contribution in [0, 0.1) is 0 Å². The van der Waals surface area contributed by atoms with Crippen molar-refractivity contribution in [3.8, 4) is 0 Å². The zero-order valence-corrected chi connectivity index (χ0v) is 14.6. The predicted octanol–water partition coefficient (Wildman–Crippen LogP) is -1.02. The first-order chi connectivity index (χ1) is 13.1. The molecule has 1 aromatic heterocycles. The van der Waals surface area contributed by atoms with Gasteiger partial charge in [0.2, 0.25) is 0 Å². The Kier molecular flexibility index (Phi) is 3.57. The van der Waals surface area contributed by atoms with E-state index in [2.05, 4.69) is 26.0 Å². The highest BCUT2D eigenvalue weighted by Gasteiger charge is 2.44. The Hall–Kier alpha value is -3.08. The number of carbonyl (C=O) groups excluding carboxylic acids is 2. The van der Waals surface area contributed by atoms with Crippen LogP contribution in [0.2, 0.25) is 0 Å². The van der Waals surface area contributed by atoms with E-state index in [0.29, 0.717) is 29.9 Å². The van der Waals surface area contributed by atoms with Gasteiger partial charge in [0.05, 0.1) is 29.4 Å². The van der Waals surface area contributed by atoms with E-state index in [1.165, 1.54) is 16.1 Å². The van der Waals surface area contributed by atoms with Crippen LogP contribution in [0.15, 0.2) is 34.7 Å². The average Bonchev–Trinajstić information content (AvgIpc) is 3.33. The Morgan fingerprint density at radius 2 is 2.26 bits per heavy atom. The normalized spacial score (nSPS) is 27.8. The van der Waals surface area contributed by atoms with Crippen LogP contribution in [-0.4, -0.2) is 72.6 Å². The van der Waals surface area contributed by atoms with Gasteiger partial charge in [0.15, 0.2) is 6.33 Å². The molecule has 4 heterocycles. The first kappa shape index (κ1) is 16.1. The highest BCUT2D eigenvalue weighted by molar-refractivity contribution is 6.29. The van der Waals surface area contributed by atoms with E-state index in [9.17, 15) is 9.59 Å². The number of aromatic nitrogens is 4. The number of nitrogens with one attached hydrogen (secondary N) is 1. The first-order valence-electron chi connectivity index (χ1n) is 8.89. The number of hydrogen-bond acceptors (Lipinski definition) is 8. The predicted molar refractivity (Wildman–Crippen MR) is 90.5 cm³/mol. The van der Waals surface area contributed by atoms with Gasteiger partial charge in [0.1, 0.15) is 12.3 Å². The van der Waals surface area contributed by atoms with Crippen molar-refractivity contribution < 1.29 is 14.3 Å². The Labute approximate surface area is 154 Å². The Morgan fingerprint density at radius 1 is 1.37 bits per heavy atom. The zero-order valence-electron chi connectivity index (χ0n) is 14.6. The molecular weight excluding hydrogens is 352 g/mol. The van der Waals surface area contributed by atoms with Crippen molar-refractivity contribution in [1.29, 1.82) is 0 Å². The second-order valence-corrected chi connectivity index (χ2v) is 6.94. The lowest BCUT2D eigenvalue weighted by Crippen LogP contribution is -2.54. The van der Waals surface area contributed by atoms with Crippen molar-refractivity contribution in [1.82, 2.24) is 35.7 Å². The van der Waals surface area contributed by atoms with Crippen molar-refractivity contribution in [2.45, 2.75) is 44.7 Å². The standard InChI is InChI=1S/C16H18N8O3/c1-9(7-23-18-8-17-20-23)24-16(26)10-6-13-11(5-12(10)19-21-24)15(25)22-4-2-3-14(22)27-13/h5-6,8-9,13-14,21H,2-4,7H2,1H3/t9-,13?,14?/m1/s1. The Bertz CT molecular complexity index is 889. The van der Waals surface area contributed by atoms with E-state index in [1.54, 1.807) is 17.1 Å². The van der Waals surface area contributed by atoms with E-state index >= 15 is 0 Å². The van der Waals surface area contributed by atoms with Crippen LogP contribution in [-0.2, 0) is 20.9 Å². The zero-order chi connectivity index (χ0) is 18.5. The number of amides is 2. The molecule has 0 aromatic carbocycles. The number of hydrazone groups is 1. The molecule has 27 heavy (non-hydrogen) atoms. The molecule has 0 radical (unpaired) electrons. The number of allylic oxidation sites excluding steroid dienone is 1. The van der Waals surface area contributed by atoms with Crippen LogP contribution < -0.4 is 5.53 Å². The monoisotopic (exact) mass is 370 g/mol. The van der Waals surface area contributed by atoms with E-state index < -0.39 is 6.10 Å². The van der Waals surface area contributed by atoms with Crippen LogP contribution in [0.3, 0.4) is 0 Å². The molecule has 3 atom stereocenters. The van der Waals surface area contributed by atoms with Gasteiger partial charge in [0, 0.05) is 6.54 Å². The first-order valence-corrected chi connectivity index (χ1v) is 8.89. The molecule has 4 aliphatic rings. The third kappa shape index (κ3) is 2.53. The lowest BCUT2D eigenvalue weighted by Gasteiger charge is -2.39. The summed E-state index contributed by atoms with van der Waals surface area (Å²) in [6.07, 6.45) is 5.73. The summed E-state index contributed by atoms with van der Waals surface area (Å²) in [5.41, 5.74) is 4.17. The SMILES string of the molecule is C[C@H](Cn1ncnn1)N1NN=C2C=C3C(=O)N4CCCC4OC3C=C2C1=O. The molecule has 2 unspecified atom stereocenters. The highest BCUT2D eigenvalue weighted by Crippen LogP contribution is 2.33. The molecule has 1 aliphatic carbocycles. The average molecular weight is 370 g/mol. The molecule has 0 saturated carbocycles. The Balaban J connectivity index is 1.41. The fraction of sp³-hybridized carbons (Fsp3) is 0.500. The summed E-state index contributed by atoms with van der Waals surface area (Å²) in [6.45, 7) is 2.93. The van der Waals surface area contributed by atoms with Crippen LogP contribution in [0.1, 0.15) is 19.8 Å². The van der Waals surface area contributed by atoms with E-state index in [4.69, 9.17) is 4.74 Å². The van der Waals surface area contributed by atoms with Crippen LogP contribution >= 0.6 is 0 Å². The van der Waals surface area contributed by atoms with Crippen LogP contribution in [0.5, 0.6) is 0 Å². The van der Waals surface area contributed by atoms with Gasteiger partial charge in [-0.05, 0) is 37.1 Å². The minimum absolute atomic E-state index is 0.0350. The molecule has 0 bridgehead atoms. The third-order valence-electron chi connectivity index (χ3n) is 5.19. The van der Waals surface area contributed by atoms with Gasteiger partial charge in [-0.1, -0.05) is 0 Å². The number of hydrogen-bond donors (Lipinski definition) is 1. The maximum absolute atomic E-state index is 13.0. The highest BCUT2D eigenvalue weighted by atomic mass is 16.5. The largest absolute Gasteiger partial charge is 0.346 e. The topological polar surface area (TPSA) is 118 Å². The molecule has 0 spiro atoms. The molecule has 5 rings (SSSR count). The number of hydrazine groups is 1. The van der Waals surface area contributed by atoms with Crippen LogP contribution in [0.4, 0.5) is 0 Å².